The Bertz CT molecular complexity index is 885. The van der Waals surface area contributed by atoms with Crippen LogP contribution in [0.3, 0.4) is 0 Å². The zero-order valence-electron chi connectivity index (χ0n) is 14.2. The van der Waals surface area contributed by atoms with E-state index in [2.05, 4.69) is 25.4 Å². The van der Waals surface area contributed by atoms with Crippen molar-refractivity contribution in [3.63, 3.8) is 0 Å². The number of allylic oxidation sites excluding steroid dienone is 1. The van der Waals surface area contributed by atoms with Crippen LogP contribution in [0, 0.1) is 5.92 Å². The lowest BCUT2D eigenvalue weighted by atomic mass is 9.96. The number of carboxylic acid groups (broad SMARTS) is 1. The molecule has 0 bridgehead atoms. The summed E-state index contributed by atoms with van der Waals surface area (Å²) in [6.07, 6.45) is 2.43. The van der Waals surface area contributed by atoms with Crippen LogP contribution in [0.15, 0.2) is 22.6 Å². The van der Waals surface area contributed by atoms with Gasteiger partial charge < -0.3 is 9.84 Å². The topological polar surface area (TPSA) is 81.4 Å². The summed E-state index contributed by atoms with van der Waals surface area (Å²) in [5.74, 6) is -0.710. The van der Waals surface area contributed by atoms with Crippen molar-refractivity contribution in [1.29, 1.82) is 0 Å². The normalized spacial score (nSPS) is 17.0. The van der Waals surface area contributed by atoms with E-state index >= 15 is 0 Å². The summed E-state index contributed by atoms with van der Waals surface area (Å²) in [5.41, 5.74) is 0.912. The number of carboxylic acids is 1. The Labute approximate surface area is 153 Å². The van der Waals surface area contributed by atoms with Crippen molar-refractivity contribution in [3.8, 4) is 0 Å². The van der Waals surface area contributed by atoms with Crippen LogP contribution >= 0.6 is 23.1 Å². The number of thiophene rings is 1. The Morgan fingerprint density at radius 2 is 2.36 bits per heavy atom. The number of thioether (sulfide) groups is 1. The third kappa shape index (κ3) is 3.51. The molecule has 25 heavy (non-hydrogen) atoms. The van der Waals surface area contributed by atoms with Gasteiger partial charge in [-0.2, -0.15) is 0 Å². The predicted octanol–water partition coefficient (Wildman–Crippen LogP) is 2.92. The smallest absolute Gasteiger partial charge is 0.313 e. The van der Waals surface area contributed by atoms with E-state index in [9.17, 15) is 9.59 Å². The Morgan fingerprint density at radius 3 is 3.00 bits per heavy atom. The molecule has 0 aromatic carbocycles. The van der Waals surface area contributed by atoms with Crippen LogP contribution in [0.25, 0.3) is 10.2 Å². The lowest BCUT2D eigenvalue weighted by molar-refractivity contribution is -0.133. The van der Waals surface area contributed by atoms with Gasteiger partial charge in [0, 0.05) is 17.8 Å². The molecule has 0 fully saturated rings. The van der Waals surface area contributed by atoms with E-state index in [0.717, 1.165) is 22.2 Å². The molecule has 0 unspecified atom stereocenters. The molecule has 3 rings (SSSR count). The van der Waals surface area contributed by atoms with E-state index in [4.69, 9.17) is 9.84 Å². The highest BCUT2D eigenvalue weighted by Crippen LogP contribution is 2.35. The number of aliphatic carboxylic acids is 1. The van der Waals surface area contributed by atoms with Crippen LogP contribution in [-0.2, 0) is 29.1 Å². The average molecular weight is 380 g/mol. The van der Waals surface area contributed by atoms with Crippen molar-refractivity contribution in [2.24, 2.45) is 5.92 Å². The van der Waals surface area contributed by atoms with Crippen LogP contribution < -0.4 is 5.56 Å². The third-order valence-corrected chi connectivity index (χ3v) is 6.23. The van der Waals surface area contributed by atoms with Gasteiger partial charge in [0.25, 0.3) is 5.56 Å². The van der Waals surface area contributed by atoms with Gasteiger partial charge in [-0.25, -0.2) is 4.98 Å². The summed E-state index contributed by atoms with van der Waals surface area (Å²) in [4.78, 5) is 30.2. The van der Waals surface area contributed by atoms with E-state index in [-0.39, 0.29) is 17.4 Å². The zero-order valence-corrected chi connectivity index (χ0v) is 15.8. The highest BCUT2D eigenvalue weighted by atomic mass is 32.2. The van der Waals surface area contributed by atoms with E-state index in [0.29, 0.717) is 40.9 Å². The molecule has 0 saturated heterocycles. The monoisotopic (exact) mass is 380 g/mol. The van der Waals surface area contributed by atoms with Crippen LogP contribution in [0.2, 0.25) is 0 Å². The number of carbonyl (C=O) groups is 1. The maximum Gasteiger partial charge on any atom is 0.313 e. The summed E-state index contributed by atoms with van der Waals surface area (Å²) >= 11 is 2.52. The van der Waals surface area contributed by atoms with Gasteiger partial charge in [-0.3, -0.25) is 14.2 Å². The van der Waals surface area contributed by atoms with Gasteiger partial charge in [0.1, 0.15) is 4.83 Å². The Hall–Kier alpha value is -1.64. The maximum atomic E-state index is 13.1. The molecule has 2 aromatic rings. The van der Waals surface area contributed by atoms with E-state index in [1.807, 2.05) is 0 Å². The number of ether oxygens (including phenoxy) is 1. The molecule has 3 heterocycles. The van der Waals surface area contributed by atoms with Crippen LogP contribution in [-0.4, -0.2) is 32.5 Å². The molecule has 0 saturated carbocycles. The summed E-state index contributed by atoms with van der Waals surface area (Å²) in [6, 6.07) is 0. The maximum absolute atomic E-state index is 13.1. The van der Waals surface area contributed by atoms with Gasteiger partial charge in [0.15, 0.2) is 5.16 Å². The fourth-order valence-electron chi connectivity index (χ4n) is 2.90. The standard InChI is InChI=1S/C17H20N2O4S2/c1-4-5-19-16(22)14-10-6-11(9(2)3)23-7-12(10)25-15(14)18-17(19)24-8-13(20)21/h4,9,11H,1,5-8H2,2-3H3,(H,20,21)/t11-/m1/s1. The zero-order chi connectivity index (χ0) is 18.1. The summed E-state index contributed by atoms with van der Waals surface area (Å²) in [7, 11) is 0. The van der Waals surface area contributed by atoms with Crippen molar-refractivity contribution in [2.75, 3.05) is 5.75 Å². The largest absolute Gasteiger partial charge is 0.481 e. The van der Waals surface area contributed by atoms with Gasteiger partial charge in [-0.15, -0.1) is 17.9 Å². The molecule has 1 aliphatic heterocycles. The highest BCUT2D eigenvalue weighted by Gasteiger charge is 2.28. The fourth-order valence-corrected chi connectivity index (χ4v) is 4.79. The first kappa shape index (κ1) is 18.2. The molecule has 8 heteroatoms. The minimum atomic E-state index is -0.942. The van der Waals surface area contributed by atoms with E-state index < -0.39 is 5.97 Å². The van der Waals surface area contributed by atoms with Gasteiger partial charge in [0.2, 0.25) is 0 Å². The quantitative estimate of drug-likeness (QED) is 0.471. The minimum Gasteiger partial charge on any atom is -0.481 e. The SMILES string of the molecule is C=CCn1c(SCC(=O)O)nc2sc3c(c2c1=O)C[C@H](C(C)C)OC3. The number of aromatic nitrogens is 2. The van der Waals surface area contributed by atoms with Crippen molar-refractivity contribution in [2.45, 2.75) is 44.7 Å². The first-order valence-electron chi connectivity index (χ1n) is 8.04. The summed E-state index contributed by atoms with van der Waals surface area (Å²) < 4.78 is 7.41. The molecule has 1 atom stereocenters. The molecular weight excluding hydrogens is 360 g/mol. The molecule has 0 amide bonds. The molecule has 0 spiro atoms. The number of hydrogen-bond acceptors (Lipinski definition) is 6. The fraction of sp³-hybridized carbons (Fsp3) is 0.471. The van der Waals surface area contributed by atoms with Gasteiger partial charge in [0.05, 0.1) is 23.8 Å². The van der Waals surface area contributed by atoms with Crippen molar-refractivity contribution >= 4 is 39.3 Å². The molecule has 0 radical (unpaired) electrons. The van der Waals surface area contributed by atoms with Crippen molar-refractivity contribution in [3.05, 3.63) is 33.4 Å². The lowest BCUT2D eigenvalue weighted by Crippen LogP contribution is -2.28. The molecule has 2 aromatic heterocycles. The van der Waals surface area contributed by atoms with E-state index in [1.54, 1.807) is 6.08 Å². The van der Waals surface area contributed by atoms with Gasteiger partial charge in [-0.05, 0) is 11.5 Å². The van der Waals surface area contributed by atoms with Crippen LogP contribution in [0.1, 0.15) is 24.3 Å². The van der Waals surface area contributed by atoms with Crippen molar-refractivity contribution in [1.82, 2.24) is 9.55 Å². The van der Waals surface area contributed by atoms with Gasteiger partial charge >= 0.3 is 5.97 Å². The van der Waals surface area contributed by atoms with Gasteiger partial charge in [-0.1, -0.05) is 31.7 Å². The molecule has 6 nitrogen and oxygen atoms in total. The predicted molar refractivity (Wildman–Crippen MR) is 99.6 cm³/mol. The summed E-state index contributed by atoms with van der Waals surface area (Å²) in [6.45, 7) is 8.72. The Balaban J connectivity index is 2.13. The molecule has 1 N–H and O–H groups in total. The highest BCUT2D eigenvalue weighted by molar-refractivity contribution is 7.99. The number of rotatable bonds is 6. The minimum absolute atomic E-state index is 0.0959. The summed E-state index contributed by atoms with van der Waals surface area (Å²) in [5, 5.41) is 9.99. The molecular formula is C17H20N2O4S2. The molecule has 1 aliphatic rings. The van der Waals surface area contributed by atoms with E-state index in [1.165, 1.54) is 15.9 Å². The second-order valence-corrected chi connectivity index (χ2v) is 8.29. The second-order valence-electron chi connectivity index (χ2n) is 6.26. The Kier molecular flexibility index (Phi) is 5.31. The first-order chi connectivity index (χ1) is 11.9. The average Bonchev–Trinajstić information content (AvgIpc) is 2.93. The number of hydrogen-bond donors (Lipinski definition) is 1. The van der Waals surface area contributed by atoms with Crippen molar-refractivity contribution < 1.29 is 14.6 Å². The first-order valence-corrected chi connectivity index (χ1v) is 9.84. The molecule has 0 aliphatic carbocycles. The number of nitrogens with zero attached hydrogens (tertiary/aromatic N) is 2. The second kappa shape index (κ2) is 7.31. The lowest BCUT2D eigenvalue weighted by Gasteiger charge is -2.26. The Morgan fingerprint density at radius 1 is 1.60 bits per heavy atom. The van der Waals surface area contributed by atoms with Crippen LogP contribution in [0.4, 0.5) is 0 Å². The molecule has 134 valence electrons. The number of fused-ring (bicyclic) bond motifs is 3. The van der Waals surface area contributed by atoms with Crippen LogP contribution in [0.5, 0.6) is 0 Å². The third-order valence-electron chi connectivity index (χ3n) is 4.17.